The van der Waals surface area contributed by atoms with Gasteiger partial charge in [0.25, 0.3) is 0 Å². The normalized spacial score (nSPS) is 21.6. The van der Waals surface area contributed by atoms with Crippen LogP contribution < -0.4 is 10.5 Å². The molecule has 0 saturated carbocycles. The number of benzene rings is 2. The molecule has 0 fully saturated rings. The van der Waals surface area contributed by atoms with E-state index in [1.165, 1.54) is 5.56 Å². The lowest BCUT2D eigenvalue weighted by atomic mass is 9.92. The molecule has 2 aromatic rings. The van der Waals surface area contributed by atoms with Gasteiger partial charge in [0, 0.05) is 18.0 Å². The summed E-state index contributed by atoms with van der Waals surface area (Å²) in [5.74, 6) is 1.13. The number of fused-ring (bicyclic) bond motifs is 1. The largest absolute Gasteiger partial charge is 0.508 e. The van der Waals surface area contributed by atoms with Crippen molar-refractivity contribution in [3.05, 3.63) is 59.2 Å². The molecule has 1 aliphatic heterocycles. The molecule has 3 nitrogen and oxygen atoms in total. The van der Waals surface area contributed by atoms with Gasteiger partial charge in [-0.25, -0.2) is 0 Å². The van der Waals surface area contributed by atoms with E-state index in [0.717, 1.165) is 23.3 Å². The lowest BCUT2D eigenvalue weighted by Gasteiger charge is -2.30. The quantitative estimate of drug-likeness (QED) is 0.822. The molecule has 19 heavy (non-hydrogen) atoms. The van der Waals surface area contributed by atoms with Crippen molar-refractivity contribution in [1.29, 1.82) is 0 Å². The van der Waals surface area contributed by atoms with E-state index in [9.17, 15) is 5.11 Å². The van der Waals surface area contributed by atoms with Crippen LogP contribution in [-0.2, 0) is 0 Å². The summed E-state index contributed by atoms with van der Waals surface area (Å²) in [7, 11) is 0. The van der Waals surface area contributed by atoms with Crippen molar-refractivity contribution in [2.24, 2.45) is 5.73 Å². The van der Waals surface area contributed by atoms with Crippen molar-refractivity contribution in [2.45, 2.75) is 25.5 Å². The van der Waals surface area contributed by atoms with Gasteiger partial charge in [-0.2, -0.15) is 0 Å². The third-order valence-electron chi connectivity index (χ3n) is 3.57. The van der Waals surface area contributed by atoms with E-state index >= 15 is 0 Å². The topological polar surface area (TPSA) is 55.5 Å². The maximum atomic E-state index is 9.33. The van der Waals surface area contributed by atoms with Crippen LogP contribution in [0.5, 0.6) is 11.5 Å². The van der Waals surface area contributed by atoms with Crippen LogP contribution in [0.3, 0.4) is 0 Å². The summed E-state index contributed by atoms with van der Waals surface area (Å²) >= 11 is 0. The fraction of sp³-hybridized carbons (Fsp3) is 0.250. The predicted octanol–water partition coefficient (Wildman–Crippen LogP) is 3.22. The molecule has 0 amide bonds. The van der Waals surface area contributed by atoms with E-state index in [1.54, 1.807) is 12.1 Å². The van der Waals surface area contributed by atoms with Crippen molar-refractivity contribution < 1.29 is 9.84 Å². The summed E-state index contributed by atoms with van der Waals surface area (Å²) in [5.41, 5.74) is 9.56. The first kappa shape index (κ1) is 12.1. The number of rotatable bonds is 1. The molecule has 1 unspecified atom stereocenters. The van der Waals surface area contributed by atoms with Gasteiger partial charge in [0.05, 0.1) is 0 Å². The summed E-state index contributed by atoms with van der Waals surface area (Å²) in [5, 5.41) is 9.33. The van der Waals surface area contributed by atoms with Crippen molar-refractivity contribution >= 4 is 0 Å². The molecule has 1 heterocycles. The molecular formula is C16H17NO2. The minimum absolute atomic E-state index is 0.0116. The fourth-order valence-corrected chi connectivity index (χ4v) is 2.52. The van der Waals surface area contributed by atoms with Gasteiger partial charge < -0.3 is 15.6 Å². The zero-order valence-corrected chi connectivity index (χ0v) is 10.8. The molecule has 0 spiro atoms. The highest BCUT2D eigenvalue weighted by Gasteiger charge is 2.26. The average molecular weight is 255 g/mol. The second-order valence-corrected chi connectivity index (χ2v) is 5.08. The van der Waals surface area contributed by atoms with Crippen LogP contribution >= 0.6 is 0 Å². The highest BCUT2D eigenvalue weighted by molar-refractivity contribution is 5.42. The number of phenolic OH excluding ortho intramolecular Hbond substituents is 1. The molecule has 2 atom stereocenters. The molecule has 3 N–H and O–H groups in total. The summed E-state index contributed by atoms with van der Waals surface area (Å²) in [6, 6.07) is 13.2. The summed E-state index contributed by atoms with van der Waals surface area (Å²) in [4.78, 5) is 0. The maximum absolute atomic E-state index is 9.33. The third kappa shape index (κ3) is 2.29. The zero-order chi connectivity index (χ0) is 13.4. The van der Waals surface area contributed by atoms with Crippen LogP contribution in [0.1, 0.15) is 35.3 Å². The molecule has 0 saturated heterocycles. The van der Waals surface area contributed by atoms with Gasteiger partial charge in [-0.3, -0.25) is 0 Å². The molecule has 0 bridgehead atoms. The lowest BCUT2D eigenvalue weighted by Crippen LogP contribution is -2.24. The number of hydrogen-bond acceptors (Lipinski definition) is 3. The minimum atomic E-state index is -0.0502. The van der Waals surface area contributed by atoms with Gasteiger partial charge in [-0.05, 0) is 30.7 Å². The summed E-state index contributed by atoms with van der Waals surface area (Å²) in [6.07, 6.45) is 0.701. The highest BCUT2D eigenvalue weighted by Crippen LogP contribution is 2.40. The first-order valence-electron chi connectivity index (χ1n) is 6.45. The molecule has 0 aromatic heterocycles. The minimum Gasteiger partial charge on any atom is -0.508 e. The second kappa shape index (κ2) is 4.59. The number of phenols is 1. The van der Waals surface area contributed by atoms with Gasteiger partial charge >= 0.3 is 0 Å². The van der Waals surface area contributed by atoms with Gasteiger partial charge in [0.2, 0.25) is 0 Å². The lowest BCUT2D eigenvalue weighted by molar-refractivity contribution is 0.161. The van der Waals surface area contributed by atoms with Crippen LogP contribution in [0.25, 0.3) is 0 Å². The van der Waals surface area contributed by atoms with Gasteiger partial charge in [0.15, 0.2) is 0 Å². The van der Waals surface area contributed by atoms with E-state index in [-0.39, 0.29) is 17.9 Å². The molecule has 3 rings (SSSR count). The first-order chi connectivity index (χ1) is 9.13. The molecule has 2 aromatic carbocycles. The van der Waals surface area contributed by atoms with E-state index in [2.05, 4.69) is 13.0 Å². The molecule has 1 aliphatic rings. The Labute approximate surface area is 112 Å². The number of nitrogens with two attached hydrogens (primary N) is 1. The Morgan fingerprint density at radius 3 is 2.63 bits per heavy atom. The molecular weight excluding hydrogens is 238 g/mol. The fourth-order valence-electron chi connectivity index (χ4n) is 2.52. The Balaban J connectivity index is 1.92. The number of ether oxygens (including phenoxy) is 1. The second-order valence-electron chi connectivity index (χ2n) is 5.08. The Bertz CT molecular complexity index is 592. The predicted molar refractivity (Wildman–Crippen MR) is 74.2 cm³/mol. The van der Waals surface area contributed by atoms with Crippen molar-refractivity contribution in [3.8, 4) is 11.5 Å². The van der Waals surface area contributed by atoms with E-state index < -0.39 is 0 Å². The number of aryl methyl sites for hydroxylation is 1. The van der Waals surface area contributed by atoms with Crippen molar-refractivity contribution in [1.82, 2.24) is 0 Å². The third-order valence-corrected chi connectivity index (χ3v) is 3.57. The summed E-state index contributed by atoms with van der Waals surface area (Å²) in [6.45, 7) is 2.05. The number of hydrogen-bond donors (Lipinski definition) is 2. The Kier molecular flexibility index (Phi) is 2.91. The van der Waals surface area contributed by atoms with Crippen molar-refractivity contribution in [2.75, 3.05) is 0 Å². The monoisotopic (exact) mass is 255 g/mol. The molecule has 0 radical (unpaired) electrons. The summed E-state index contributed by atoms with van der Waals surface area (Å²) < 4.78 is 6.02. The van der Waals surface area contributed by atoms with Crippen LogP contribution in [0.4, 0.5) is 0 Å². The Morgan fingerprint density at radius 2 is 1.89 bits per heavy atom. The number of aromatic hydroxyl groups is 1. The van der Waals surface area contributed by atoms with Crippen molar-refractivity contribution in [3.63, 3.8) is 0 Å². The SMILES string of the molecule is Cc1ccc2c(c1)[C@H](N)CC(c1ccc(O)cc1)O2. The van der Waals surface area contributed by atoms with Crippen LogP contribution in [0.2, 0.25) is 0 Å². The van der Waals surface area contributed by atoms with Gasteiger partial charge in [0.1, 0.15) is 17.6 Å². The smallest absolute Gasteiger partial charge is 0.126 e. The standard InChI is InChI=1S/C16H17NO2/c1-10-2-7-15-13(8-10)14(17)9-16(19-15)11-3-5-12(18)6-4-11/h2-8,14,16,18H,9,17H2,1H3/t14-,16?/m1/s1. The zero-order valence-electron chi connectivity index (χ0n) is 10.8. The van der Waals surface area contributed by atoms with E-state index in [4.69, 9.17) is 10.5 Å². The van der Waals surface area contributed by atoms with E-state index in [1.807, 2.05) is 24.3 Å². The van der Waals surface area contributed by atoms with Crippen LogP contribution in [-0.4, -0.2) is 5.11 Å². The average Bonchev–Trinajstić information content (AvgIpc) is 2.40. The van der Waals surface area contributed by atoms with Crippen LogP contribution in [0.15, 0.2) is 42.5 Å². The van der Waals surface area contributed by atoms with Gasteiger partial charge in [-0.1, -0.05) is 29.8 Å². The maximum Gasteiger partial charge on any atom is 0.126 e. The van der Waals surface area contributed by atoms with E-state index in [0.29, 0.717) is 0 Å². The molecule has 0 aliphatic carbocycles. The molecule has 3 heteroatoms. The Morgan fingerprint density at radius 1 is 1.16 bits per heavy atom. The Hall–Kier alpha value is -2.00. The highest BCUT2D eigenvalue weighted by atomic mass is 16.5. The van der Waals surface area contributed by atoms with Gasteiger partial charge in [-0.15, -0.1) is 0 Å². The molecule has 98 valence electrons. The van der Waals surface area contributed by atoms with Crippen LogP contribution in [0, 0.1) is 6.92 Å². The first-order valence-corrected chi connectivity index (χ1v) is 6.45.